The molecule has 7 nitrogen and oxygen atoms in total. The molecule has 0 aliphatic carbocycles. The second-order valence-corrected chi connectivity index (χ2v) is 12.2. The number of carbonyl (C=O) groups is 3. The van der Waals surface area contributed by atoms with E-state index in [0.29, 0.717) is 12.0 Å². The predicted octanol–water partition coefficient (Wildman–Crippen LogP) is 4.06. The molecule has 5 rings (SSSR count). The molecule has 4 atom stereocenters. The Bertz CT molecular complexity index is 1160. The van der Waals surface area contributed by atoms with E-state index in [0.717, 1.165) is 30.1 Å². The summed E-state index contributed by atoms with van der Waals surface area (Å²) < 4.78 is 19.7. The fraction of sp³-hybridized carbons (Fsp3) is 0.552. The van der Waals surface area contributed by atoms with Gasteiger partial charge in [-0.1, -0.05) is 32.4 Å². The maximum absolute atomic E-state index is 14.5. The standard InChI is InChI=1S/C29H36FN3O4S/c1-18(2)14-23(29(36)33-16-22(30)27-26(33)24(34)17-37-27)31-28(35)20-8-6-19(7-9-20)25-11-10-21(38-25)15-32-12-4-3-5-13-32/h6-11,18,22-23,26-27H,3-5,12-17H2,1-2H3,(H,31,35)/t22-,23-,26+,27+/m0/s1. The molecule has 3 saturated heterocycles. The molecular weight excluding hydrogens is 505 g/mol. The van der Waals surface area contributed by atoms with Crippen molar-refractivity contribution >= 4 is 28.9 Å². The van der Waals surface area contributed by atoms with Crippen LogP contribution in [-0.2, 0) is 20.9 Å². The molecule has 0 spiro atoms. The summed E-state index contributed by atoms with van der Waals surface area (Å²) in [4.78, 5) is 45.1. The summed E-state index contributed by atoms with van der Waals surface area (Å²) in [6.07, 6.45) is 1.94. The zero-order valence-electron chi connectivity index (χ0n) is 22.0. The van der Waals surface area contributed by atoms with E-state index in [1.54, 1.807) is 23.5 Å². The lowest BCUT2D eigenvalue weighted by atomic mass is 10.0. The first kappa shape index (κ1) is 27.0. The summed E-state index contributed by atoms with van der Waals surface area (Å²) in [7, 11) is 0. The molecule has 38 heavy (non-hydrogen) atoms. The Morgan fingerprint density at radius 3 is 2.55 bits per heavy atom. The molecule has 3 aliphatic rings. The molecule has 204 valence electrons. The smallest absolute Gasteiger partial charge is 0.251 e. The van der Waals surface area contributed by atoms with Gasteiger partial charge in [-0.3, -0.25) is 19.3 Å². The van der Waals surface area contributed by atoms with Crippen molar-refractivity contribution in [2.75, 3.05) is 26.2 Å². The summed E-state index contributed by atoms with van der Waals surface area (Å²) in [5.41, 5.74) is 1.49. The molecule has 2 amide bonds. The van der Waals surface area contributed by atoms with Gasteiger partial charge in [0.05, 0.1) is 6.54 Å². The lowest BCUT2D eigenvalue weighted by molar-refractivity contribution is -0.138. The Hall–Kier alpha value is -2.62. The van der Waals surface area contributed by atoms with E-state index in [2.05, 4.69) is 22.3 Å². The number of likely N-dealkylation sites (tertiary alicyclic amines) is 2. The number of halogens is 1. The minimum atomic E-state index is -1.41. The number of carbonyl (C=O) groups excluding carboxylic acids is 3. The number of rotatable bonds is 8. The fourth-order valence-corrected chi connectivity index (χ4v) is 6.76. The van der Waals surface area contributed by atoms with E-state index in [4.69, 9.17) is 4.74 Å². The van der Waals surface area contributed by atoms with Crippen molar-refractivity contribution in [1.82, 2.24) is 15.1 Å². The number of nitrogens with zero attached hydrogens (tertiary/aromatic N) is 2. The second kappa shape index (κ2) is 11.6. The number of alkyl halides is 1. The van der Waals surface area contributed by atoms with Gasteiger partial charge in [0.25, 0.3) is 5.91 Å². The molecule has 9 heteroatoms. The van der Waals surface area contributed by atoms with Crippen LogP contribution in [0, 0.1) is 5.92 Å². The second-order valence-electron chi connectivity index (χ2n) is 11.0. The van der Waals surface area contributed by atoms with Crippen molar-refractivity contribution < 1.29 is 23.5 Å². The number of fused-ring (bicyclic) bond motifs is 1. The number of ether oxygens (including phenoxy) is 1. The highest BCUT2D eigenvalue weighted by Gasteiger charge is 2.53. The Morgan fingerprint density at radius 2 is 1.84 bits per heavy atom. The Kier molecular flexibility index (Phi) is 8.26. The van der Waals surface area contributed by atoms with Crippen LogP contribution in [0.3, 0.4) is 0 Å². The zero-order valence-corrected chi connectivity index (χ0v) is 22.8. The third kappa shape index (κ3) is 5.84. The first-order valence-corrected chi connectivity index (χ1v) is 14.4. The molecule has 0 unspecified atom stereocenters. The normalized spacial score (nSPS) is 24.6. The lowest BCUT2D eigenvalue weighted by Crippen LogP contribution is -2.52. The number of hydrogen-bond donors (Lipinski definition) is 1. The van der Waals surface area contributed by atoms with Crippen LogP contribution in [-0.4, -0.2) is 78.0 Å². The van der Waals surface area contributed by atoms with Gasteiger partial charge in [0, 0.05) is 21.9 Å². The van der Waals surface area contributed by atoms with Gasteiger partial charge >= 0.3 is 0 Å². The molecule has 3 fully saturated rings. The molecule has 1 aromatic heterocycles. The van der Waals surface area contributed by atoms with Gasteiger partial charge < -0.3 is 15.0 Å². The Morgan fingerprint density at radius 1 is 1.11 bits per heavy atom. The average molecular weight is 542 g/mol. The number of ketones is 1. The fourth-order valence-electron chi connectivity index (χ4n) is 5.70. The first-order chi connectivity index (χ1) is 18.3. The highest BCUT2D eigenvalue weighted by Crippen LogP contribution is 2.31. The van der Waals surface area contributed by atoms with Gasteiger partial charge in [-0.15, -0.1) is 11.3 Å². The largest absolute Gasteiger partial charge is 0.365 e. The summed E-state index contributed by atoms with van der Waals surface area (Å²) >= 11 is 1.78. The number of piperidine rings is 1. The number of thiophene rings is 1. The van der Waals surface area contributed by atoms with Crippen LogP contribution in [0.2, 0.25) is 0 Å². The molecule has 4 heterocycles. The predicted molar refractivity (Wildman–Crippen MR) is 145 cm³/mol. The van der Waals surface area contributed by atoms with Crippen molar-refractivity contribution in [3.05, 3.63) is 46.8 Å². The van der Waals surface area contributed by atoms with Crippen LogP contribution < -0.4 is 5.32 Å². The number of benzene rings is 1. The van der Waals surface area contributed by atoms with Gasteiger partial charge in [-0.25, -0.2) is 4.39 Å². The molecule has 0 saturated carbocycles. The van der Waals surface area contributed by atoms with E-state index in [9.17, 15) is 18.8 Å². The van der Waals surface area contributed by atoms with Crippen LogP contribution in [0.4, 0.5) is 4.39 Å². The van der Waals surface area contributed by atoms with Crippen LogP contribution >= 0.6 is 11.3 Å². The molecule has 1 N–H and O–H groups in total. The average Bonchev–Trinajstić information content (AvgIpc) is 3.61. The maximum atomic E-state index is 14.5. The number of Topliss-reactive ketones (excluding diaryl/α,β-unsaturated/α-hetero) is 1. The highest BCUT2D eigenvalue weighted by atomic mass is 32.1. The van der Waals surface area contributed by atoms with Crippen molar-refractivity contribution in [2.45, 2.75) is 70.4 Å². The molecule has 0 bridgehead atoms. The Balaban J connectivity index is 1.24. The number of hydrogen-bond acceptors (Lipinski definition) is 6. The minimum Gasteiger partial charge on any atom is -0.365 e. The van der Waals surface area contributed by atoms with Crippen LogP contribution in [0.15, 0.2) is 36.4 Å². The Labute approximate surface area is 227 Å². The molecule has 3 aliphatic heterocycles. The van der Waals surface area contributed by atoms with Gasteiger partial charge in [-0.2, -0.15) is 0 Å². The SMILES string of the molecule is CC(C)C[C@H](NC(=O)c1ccc(-c2ccc(CN3CCCCC3)s2)cc1)C(=O)N1C[C@H](F)[C@H]2OCC(=O)[C@H]21. The third-order valence-electron chi connectivity index (χ3n) is 7.64. The van der Waals surface area contributed by atoms with Crippen LogP contribution in [0.25, 0.3) is 10.4 Å². The van der Waals surface area contributed by atoms with Gasteiger partial charge in [0.15, 0.2) is 5.78 Å². The highest BCUT2D eigenvalue weighted by molar-refractivity contribution is 7.15. The maximum Gasteiger partial charge on any atom is 0.251 e. The van der Waals surface area contributed by atoms with Crippen molar-refractivity contribution in [3.8, 4) is 10.4 Å². The molecule has 1 aromatic carbocycles. The van der Waals surface area contributed by atoms with E-state index in [1.165, 1.54) is 29.0 Å². The first-order valence-electron chi connectivity index (χ1n) is 13.6. The van der Waals surface area contributed by atoms with E-state index in [1.807, 2.05) is 26.0 Å². The van der Waals surface area contributed by atoms with Gasteiger partial charge in [0.2, 0.25) is 5.91 Å². The zero-order chi connectivity index (χ0) is 26.8. The molecular formula is C29H36FN3O4S. The number of nitrogens with one attached hydrogen (secondary N) is 1. The van der Waals surface area contributed by atoms with E-state index < -0.39 is 30.3 Å². The number of amides is 2. The van der Waals surface area contributed by atoms with Crippen molar-refractivity contribution in [2.24, 2.45) is 5.92 Å². The minimum absolute atomic E-state index is 0.111. The topological polar surface area (TPSA) is 79.0 Å². The van der Waals surface area contributed by atoms with E-state index in [-0.39, 0.29) is 30.8 Å². The lowest BCUT2D eigenvalue weighted by Gasteiger charge is -2.28. The van der Waals surface area contributed by atoms with Gasteiger partial charge in [-0.05, 0) is 68.1 Å². The quantitative estimate of drug-likeness (QED) is 0.545. The summed E-state index contributed by atoms with van der Waals surface area (Å²) in [6.45, 7) is 6.84. The van der Waals surface area contributed by atoms with Gasteiger partial charge in [0.1, 0.15) is 31.0 Å². The summed E-state index contributed by atoms with van der Waals surface area (Å²) in [5.74, 6) is -0.979. The summed E-state index contributed by atoms with van der Waals surface area (Å²) in [6, 6.07) is 9.95. The van der Waals surface area contributed by atoms with Crippen molar-refractivity contribution in [3.63, 3.8) is 0 Å². The monoisotopic (exact) mass is 541 g/mol. The van der Waals surface area contributed by atoms with E-state index >= 15 is 0 Å². The third-order valence-corrected chi connectivity index (χ3v) is 8.76. The summed E-state index contributed by atoms with van der Waals surface area (Å²) in [5, 5.41) is 2.85. The van der Waals surface area contributed by atoms with Crippen molar-refractivity contribution in [1.29, 1.82) is 0 Å². The molecule has 0 radical (unpaired) electrons. The van der Waals surface area contributed by atoms with Crippen LogP contribution in [0.1, 0.15) is 54.8 Å². The van der Waals surface area contributed by atoms with Crippen LogP contribution in [0.5, 0.6) is 0 Å². The molecule has 2 aromatic rings.